The van der Waals surface area contributed by atoms with Gasteiger partial charge in [0.15, 0.2) is 5.69 Å². The topological polar surface area (TPSA) is 179 Å². The van der Waals surface area contributed by atoms with E-state index in [4.69, 9.17) is 5.73 Å². The molecule has 3 aromatic rings. The minimum absolute atomic E-state index is 0.148. The Hall–Kier alpha value is -3.96. The lowest BCUT2D eigenvalue weighted by atomic mass is 10.2. The number of hydrogen-bond donors (Lipinski definition) is 2. The number of nitrogens with two attached hydrogens (primary N) is 1. The van der Waals surface area contributed by atoms with Crippen molar-refractivity contribution >= 4 is 39.5 Å². The van der Waals surface area contributed by atoms with Gasteiger partial charge in [-0.3, -0.25) is 20.2 Å². The van der Waals surface area contributed by atoms with E-state index < -0.39 is 21.2 Å². The van der Waals surface area contributed by atoms with Crippen molar-refractivity contribution in [2.24, 2.45) is 10.2 Å². The van der Waals surface area contributed by atoms with Gasteiger partial charge in [0.2, 0.25) is 0 Å². The van der Waals surface area contributed by atoms with Crippen molar-refractivity contribution in [1.29, 1.82) is 0 Å². The number of anilines is 1. The van der Waals surface area contributed by atoms with Crippen LogP contribution in [0.4, 0.5) is 28.4 Å². The summed E-state index contributed by atoms with van der Waals surface area (Å²) >= 11 is 0. The Morgan fingerprint density at radius 1 is 1.04 bits per heavy atom. The van der Waals surface area contributed by atoms with Gasteiger partial charge in [-0.15, -0.1) is 10.2 Å². The first-order valence-corrected chi connectivity index (χ1v) is 6.41. The molecule has 3 N–H and O–H groups in total. The summed E-state index contributed by atoms with van der Waals surface area (Å²) in [5.41, 5.74) is 5.99. The zero-order valence-electron chi connectivity index (χ0n) is 11.8. The van der Waals surface area contributed by atoms with Gasteiger partial charge in [-0.05, 0) is 18.2 Å². The number of rotatable bonds is 4. The Morgan fingerprint density at radius 3 is 2.54 bits per heavy atom. The van der Waals surface area contributed by atoms with Crippen LogP contribution < -0.4 is 5.73 Å². The maximum absolute atomic E-state index is 11.1. The third kappa shape index (κ3) is 2.58. The molecule has 1 aromatic heterocycles. The number of nitrogens with one attached hydrogen (secondary N) is 1. The molecule has 0 atom stereocenters. The zero-order chi connectivity index (χ0) is 17.3. The number of nitrogens with zero attached hydrogens (tertiary/aromatic N) is 6. The number of azo groups is 1. The van der Waals surface area contributed by atoms with Gasteiger partial charge in [0.05, 0.1) is 21.6 Å². The van der Waals surface area contributed by atoms with Crippen molar-refractivity contribution in [3.05, 3.63) is 50.6 Å². The summed E-state index contributed by atoms with van der Waals surface area (Å²) in [6.45, 7) is 0. The summed E-state index contributed by atoms with van der Waals surface area (Å²) in [5.74, 6) is 0. The van der Waals surface area contributed by atoms with Crippen molar-refractivity contribution < 1.29 is 9.85 Å². The molecular weight excluding hydrogens is 320 g/mol. The first kappa shape index (κ1) is 15.0. The Kier molecular flexibility index (Phi) is 3.54. The lowest BCUT2D eigenvalue weighted by Gasteiger charge is -2.00. The number of nitro groups is 2. The van der Waals surface area contributed by atoms with Crippen molar-refractivity contribution in [1.82, 2.24) is 15.4 Å². The van der Waals surface area contributed by atoms with E-state index in [0.717, 1.165) is 18.2 Å². The number of fused-ring (bicyclic) bond motifs is 1. The summed E-state index contributed by atoms with van der Waals surface area (Å²) in [5, 5.41) is 39.7. The van der Waals surface area contributed by atoms with Gasteiger partial charge in [0, 0.05) is 6.07 Å². The number of nitro benzene ring substituents is 2. The number of hydrogen-bond acceptors (Lipinski definition) is 9. The molecule has 1 heterocycles. The van der Waals surface area contributed by atoms with Crippen LogP contribution in [0.2, 0.25) is 0 Å². The van der Waals surface area contributed by atoms with Crippen LogP contribution in [-0.2, 0) is 0 Å². The van der Waals surface area contributed by atoms with Crippen LogP contribution >= 0.6 is 0 Å². The molecule has 120 valence electrons. The van der Waals surface area contributed by atoms with Crippen LogP contribution in [-0.4, -0.2) is 25.3 Å². The largest absolute Gasteiger partial charge is 0.397 e. The van der Waals surface area contributed by atoms with Gasteiger partial charge >= 0.3 is 5.69 Å². The molecule has 0 radical (unpaired) electrons. The van der Waals surface area contributed by atoms with E-state index in [1.807, 2.05) is 0 Å². The number of H-pyrrole nitrogens is 1. The standard InChI is InChI=1S/C12H8N8O4/c13-7-2-4-9-12(17-18-15-9)11(7)16-14-8-3-1-6(19(21)22)5-10(8)20(23)24/h1-5H,13H2,(H,15,17,18). The van der Waals surface area contributed by atoms with Gasteiger partial charge in [0.1, 0.15) is 16.7 Å². The number of aromatic amines is 1. The second-order valence-electron chi connectivity index (χ2n) is 4.58. The average molecular weight is 328 g/mol. The van der Waals surface area contributed by atoms with Gasteiger partial charge < -0.3 is 5.73 Å². The number of aromatic nitrogens is 3. The third-order valence-electron chi connectivity index (χ3n) is 3.12. The van der Waals surface area contributed by atoms with Crippen LogP contribution in [0.1, 0.15) is 0 Å². The smallest absolute Gasteiger partial charge is 0.303 e. The van der Waals surface area contributed by atoms with Crippen LogP contribution in [0.15, 0.2) is 40.6 Å². The normalized spacial score (nSPS) is 11.2. The quantitative estimate of drug-likeness (QED) is 0.319. The average Bonchev–Trinajstić information content (AvgIpc) is 3.02. The molecule has 3 rings (SSSR count). The summed E-state index contributed by atoms with van der Waals surface area (Å²) in [6, 6.07) is 6.22. The molecule has 0 aliphatic rings. The SMILES string of the molecule is Nc1ccc2n[nH]nc2c1N=Nc1ccc([N+](=O)[O-])cc1[N+](=O)[O-]. The maximum atomic E-state index is 11.1. The van der Waals surface area contributed by atoms with Crippen molar-refractivity contribution in [2.45, 2.75) is 0 Å². The number of benzene rings is 2. The highest BCUT2D eigenvalue weighted by Crippen LogP contribution is 2.35. The Bertz CT molecular complexity index is 996. The third-order valence-corrected chi connectivity index (χ3v) is 3.12. The molecule has 0 saturated carbocycles. The number of nitrogen functional groups attached to an aromatic ring is 1. The summed E-state index contributed by atoms with van der Waals surface area (Å²) in [7, 11) is 0. The van der Waals surface area contributed by atoms with Crippen LogP contribution in [0.5, 0.6) is 0 Å². The summed E-state index contributed by atoms with van der Waals surface area (Å²) in [6.07, 6.45) is 0. The van der Waals surface area contributed by atoms with Gasteiger partial charge in [0.25, 0.3) is 5.69 Å². The fourth-order valence-corrected chi connectivity index (χ4v) is 1.98. The van der Waals surface area contributed by atoms with Crippen LogP contribution in [0.3, 0.4) is 0 Å². The molecular formula is C12H8N8O4. The lowest BCUT2D eigenvalue weighted by molar-refractivity contribution is -0.393. The van der Waals surface area contributed by atoms with Crippen molar-refractivity contribution in [2.75, 3.05) is 5.73 Å². The molecule has 0 amide bonds. The monoisotopic (exact) mass is 328 g/mol. The molecule has 12 nitrogen and oxygen atoms in total. The molecule has 0 saturated heterocycles. The van der Waals surface area contributed by atoms with E-state index in [1.54, 1.807) is 12.1 Å². The first-order chi connectivity index (χ1) is 11.5. The fourth-order valence-electron chi connectivity index (χ4n) is 1.98. The van der Waals surface area contributed by atoms with E-state index in [0.29, 0.717) is 11.0 Å². The highest BCUT2D eigenvalue weighted by Gasteiger charge is 2.19. The lowest BCUT2D eigenvalue weighted by Crippen LogP contribution is -1.92. The fraction of sp³-hybridized carbons (Fsp3) is 0. The molecule has 0 aliphatic heterocycles. The minimum atomic E-state index is -0.776. The predicted molar refractivity (Wildman–Crippen MR) is 82.2 cm³/mol. The summed E-state index contributed by atoms with van der Waals surface area (Å²) in [4.78, 5) is 20.3. The van der Waals surface area contributed by atoms with E-state index in [2.05, 4.69) is 25.6 Å². The molecule has 0 bridgehead atoms. The minimum Gasteiger partial charge on any atom is -0.397 e. The maximum Gasteiger partial charge on any atom is 0.303 e. The zero-order valence-corrected chi connectivity index (χ0v) is 11.8. The molecule has 0 aliphatic carbocycles. The van der Waals surface area contributed by atoms with E-state index >= 15 is 0 Å². The van der Waals surface area contributed by atoms with Crippen molar-refractivity contribution in [3.8, 4) is 0 Å². The summed E-state index contributed by atoms with van der Waals surface area (Å²) < 4.78 is 0. The predicted octanol–water partition coefficient (Wildman–Crippen LogP) is 2.77. The van der Waals surface area contributed by atoms with Gasteiger partial charge in [-0.1, -0.05) is 0 Å². The van der Waals surface area contributed by atoms with E-state index in [9.17, 15) is 20.2 Å². The van der Waals surface area contributed by atoms with E-state index in [1.165, 1.54) is 0 Å². The van der Waals surface area contributed by atoms with Gasteiger partial charge in [-0.2, -0.15) is 15.4 Å². The Labute approximate surface area is 132 Å². The highest BCUT2D eigenvalue weighted by molar-refractivity contribution is 5.92. The van der Waals surface area contributed by atoms with Crippen molar-refractivity contribution in [3.63, 3.8) is 0 Å². The molecule has 2 aromatic carbocycles. The molecule has 12 heteroatoms. The molecule has 24 heavy (non-hydrogen) atoms. The number of non-ortho nitro benzene ring substituents is 1. The highest BCUT2D eigenvalue weighted by atomic mass is 16.6. The second-order valence-corrected chi connectivity index (χ2v) is 4.58. The Balaban J connectivity index is 2.08. The molecule has 0 spiro atoms. The Morgan fingerprint density at radius 2 is 1.83 bits per heavy atom. The van der Waals surface area contributed by atoms with Crippen LogP contribution in [0.25, 0.3) is 11.0 Å². The molecule has 0 fully saturated rings. The van der Waals surface area contributed by atoms with E-state index in [-0.39, 0.29) is 17.1 Å². The molecule has 0 unspecified atom stereocenters. The van der Waals surface area contributed by atoms with Crippen LogP contribution in [0, 0.1) is 20.2 Å². The second kappa shape index (κ2) is 5.68. The first-order valence-electron chi connectivity index (χ1n) is 6.41. The van der Waals surface area contributed by atoms with Gasteiger partial charge in [-0.25, -0.2) is 0 Å².